The maximum atomic E-state index is 13.2. The molecule has 0 unspecified atom stereocenters. The Balaban J connectivity index is 1.51. The molecule has 0 bridgehead atoms. The maximum absolute atomic E-state index is 13.2. The fourth-order valence-electron chi connectivity index (χ4n) is 4.26. The lowest BCUT2D eigenvalue weighted by atomic mass is 9.92. The van der Waals surface area contributed by atoms with Gasteiger partial charge >= 0.3 is 0 Å². The average Bonchev–Trinajstić information content (AvgIpc) is 3.36. The number of anilines is 1. The molecule has 1 N–H and O–H groups in total. The molecule has 4 rings (SSSR count). The van der Waals surface area contributed by atoms with Crippen molar-refractivity contribution >= 4 is 39.9 Å². The summed E-state index contributed by atoms with van der Waals surface area (Å²) in [5.74, 6) is -0.206. The maximum Gasteiger partial charge on any atom is 0.284 e. The van der Waals surface area contributed by atoms with E-state index in [0.717, 1.165) is 37.0 Å². The molecular weight excluding hydrogens is 504 g/mol. The number of nitrogens with one attached hydrogen (secondary N) is 1. The summed E-state index contributed by atoms with van der Waals surface area (Å²) in [4.78, 5) is 36.2. The first-order chi connectivity index (χ1) is 17.3. The van der Waals surface area contributed by atoms with Crippen LogP contribution >= 0.6 is 22.9 Å². The molecule has 36 heavy (non-hydrogen) atoms. The highest BCUT2D eigenvalue weighted by Crippen LogP contribution is 2.34. The van der Waals surface area contributed by atoms with Crippen LogP contribution in [0.15, 0.2) is 24.5 Å². The summed E-state index contributed by atoms with van der Waals surface area (Å²) in [6, 6.07) is 3.52. The molecule has 0 aliphatic heterocycles. The van der Waals surface area contributed by atoms with E-state index in [-0.39, 0.29) is 38.9 Å². The molecule has 3 heterocycles. The van der Waals surface area contributed by atoms with Crippen LogP contribution in [-0.4, -0.2) is 70.3 Å². The van der Waals surface area contributed by atoms with Crippen molar-refractivity contribution in [2.45, 2.75) is 44.8 Å². The van der Waals surface area contributed by atoms with Gasteiger partial charge in [0.25, 0.3) is 11.8 Å². The lowest BCUT2D eigenvalue weighted by Gasteiger charge is -2.33. The predicted octanol–water partition coefficient (Wildman–Crippen LogP) is 4.25. The summed E-state index contributed by atoms with van der Waals surface area (Å²) >= 11 is 7.14. The highest BCUT2D eigenvalue weighted by atomic mass is 35.5. The normalized spacial score (nSPS) is 17.5. The van der Waals surface area contributed by atoms with Crippen molar-refractivity contribution in [3.63, 3.8) is 0 Å². The van der Waals surface area contributed by atoms with E-state index in [9.17, 15) is 9.59 Å². The van der Waals surface area contributed by atoms with E-state index in [1.807, 2.05) is 6.92 Å². The lowest BCUT2D eigenvalue weighted by Crippen LogP contribution is -2.40. The third-order valence-corrected chi connectivity index (χ3v) is 7.34. The Morgan fingerprint density at radius 2 is 1.83 bits per heavy atom. The van der Waals surface area contributed by atoms with Crippen molar-refractivity contribution in [3.05, 3.63) is 45.9 Å². The summed E-state index contributed by atoms with van der Waals surface area (Å²) in [7, 11) is 5.01. The minimum Gasteiger partial charge on any atom is -0.494 e. The Kier molecular flexibility index (Phi) is 8.12. The Bertz CT molecular complexity index is 1260. The van der Waals surface area contributed by atoms with E-state index in [0.29, 0.717) is 22.6 Å². The highest BCUT2D eigenvalue weighted by Gasteiger charge is 2.29. The third-order valence-electron chi connectivity index (χ3n) is 6.30. The monoisotopic (exact) mass is 530 g/mol. The Morgan fingerprint density at radius 1 is 1.08 bits per heavy atom. The molecule has 3 aromatic rings. The minimum atomic E-state index is -0.450. The number of halogens is 1. The summed E-state index contributed by atoms with van der Waals surface area (Å²) in [5.41, 5.74) is 2.18. The van der Waals surface area contributed by atoms with Crippen LogP contribution in [0, 0.1) is 6.92 Å². The first-order valence-corrected chi connectivity index (χ1v) is 12.6. The van der Waals surface area contributed by atoms with E-state index in [1.165, 1.54) is 19.5 Å². The number of carbonyl (C=O) groups is 2. The van der Waals surface area contributed by atoms with Crippen LogP contribution in [0.25, 0.3) is 11.1 Å². The van der Waals surface area contributed by atoms with Gasteiger partial charge in [-0.2, -0.15) is 0 Å². The zero-order valence-corrected chi connectivity index (χ0v) is 22.0. The Morgan fingerprint density at radius 3 is 2.53 bits per heavy atom. The van der Waals surface area contributed by atoms with E-state index in [1.54, 1.807) is 31.2 Å². The van der Waals surface area contributed by atoms with Crippen molar-refractivity contribution in [1.29, 1.82) is 0 Å². The van der Waals surface area contributed by atoms with Crippen LogP contribution < -0.4 is 10.1 Å². The number of ether oxygens (including phenoxy) is 2. The number of pyridine rings is 2. The molecule has 190 valence electrons. The van der Waals surface area contributed by atoms with Gasteiger partial charge in [0, 0.05) is 43.2 Å². The highest BCUT2D eigenvalue weighted by molar-refractivity contribution is 7.17. The van der Waals surface area contributed by atoms with Crippen molar-refractivity contribution in [2.24, 2.45) is 0 Å². The molecule has 2 amide bonds. The Labute approximate surface area is 218 Å². The van der Waals surface area contributed by atoms with Gasteiger partial charge in [-0.05, 0) is 44.7 Å². The van der Waals surface area contributed by atoms with Crippen LogP contribution in [-0.2, 0) is 4.74 Å². The molecule has 0 radical (unpaired) electrons. The second-order valence-electron chi connectivity index (χ2n) is 8.53. The SMILES string of the molecule is COc1cnc(Cl)cc1-c1cc(C)ncc1C(=O)Nc1nnc(C(=O)N(C)C2CCC(OC)CC2)s1. The van der Waals surface area contributed by atoms with Gasteiger partial charge in [0.2, 0.25) is 10.1 Å². The molecule has 0 aromatic carbocycles. The smallest absolute Gasteiger partial charge is 0.284 e. The standard InChI is InChI=1S/C24H27ClN6O4S/c1-13-9-16(17-10-20(25)27-12-19(17)35-4)18(11-26-13)21(32)28-24-30-29-22(36-24)23(33)31(2)14-5-7-15(34-3)8-6-14/h9-12,14-15H,5-8H2,1-4H3,(H,28,30,32). The van der Waals surface area contributed by atoms with Gasteiger partial charge in [0.05, 0.1) is 25.0 Å². The van der Waals surface area contributed by atoms with Crippen LogP contribution in [0.1, 0.15) is 51.5 Å². The number of amides is 2. The predicted molar refractivity (Wildman–Crippen MR) is 137 cm³/mol. The second-order valence-corrected chi connectivity index (χ2v) is 9.89. The van der Waals surface area contributed by atoms with Crippen LogP contribution in [0.5, 0.6) is 5.75 Å². The molecule has 3 aromatic heterocycles. The summed E-state index contributed by atoms with van der Waals surface area (Å²) < 4.78 is 10.8. The molecule has 0 saturated heterocycles. The topological polar surface area (TPSA) is 119 Å². The third kappa shape index (κ3) is 5.63. The van der Waals surface area contributed by atoms with E-state index in [2.05, 4.69) is 25.5 Å². The second kappa shape index (κ2) is 11.3. The van der Waals surface area contributed by atoms with Crippen molar-refractivity contribution in [3.8, 4) is 16.9 Å². The van der Waals surface area contributed by atoms with Crippen LogP contribution in [0.2, 0.25) is 5.15 Å². The molecular formula is C24H27ClN6O4S. The molecule has 12 heteroatoms. The number of methoxy groups -OCH3 is 2. The van der Waals surface area contributed by atoms with Gasteiger partial charge in [-0.3, -0.25) is 19.9 Å². The molecule has 1 aliphatic carbocycles. The quantitative estimate of drug-likeness (QED) is 0.450. The summed E-state index contributed by atoms with van der Waals surface area (Å²) in [6.45, 7) is 1.82. The molecule has 1 fully saturated rings. The largest absolute Gasteiger partial charge is 0.494 e. The Hall–Kier alpha value is -3.15. The number of nitrogens with zero attached hydrogens (tertiary/aromatic N) is 5. The van der Waals surface area contributed by atoms with Gasteiger partial charge in [-0.25, -0.2) is 4.98 Å². The van der Waals surface area contributed by atoms with Gasteiger partial charge < -0.3 is 14.4 Å². The van der Waals surface area contributed by atoms with Crippen molar-refractivity contribution in [1.82, 2.24) is 25.1 Å². The number of aryl methyl sites for hydroxylation is 1. The molecule has 0 atom stereocenters. The number of carbonyl (C=O) groups excluding carboxylic acids is 2. The lowest BCUT2D eigenvalue weighted by molar-refractivity contribution is 0.0385. The van der Waals surface area contributed by atoms with Crippen LogP contribution in [0.3, 0.4) is 0 Å². The fraction of sp³-hybridized carbons (Fsp3) is 0.417. The zero-order chi connectivity index (χ0) is 25.8. The number of aromatic nitrogens is 4. The fourth-order valence-corrected chi connectivity index (χ4v) is 5.14. The van der Waals surface area contributed by atoms with E-state index >= 15 is 0 Å². The number of hydrogen-bond acceptors (Lipinski definition) is 9. The van der Waals surface area contributed by atoms with E-state index in [4.69, 9.17) is 21.1 Å². The van der Waals surface area contributed by atoms with Gasteiger partial charge in [0.15, 0.2) is 0 Å². The van der Waals surface area contributed by atoms with Crippen LogP contribution in [0.4, 0.5) is 5.13 Å². The molecule has 10 nitrogen and oxygen atoms in total. The first-order valence-electron chi connectivity index (χ1n) is 11.4. The average molecular weight is 531 g/mol. The van der Waals surface area contributed by atoms with Gasteiger partial charge in [-0.15, -0.1) is 10.2 Å². The number of hydrogen-bond donors (Lipinski definition) is 1. The minimum absolute atomic E-state index is 0.120. The van der Waals surface area contributed by atoms with E-state index < -0.39 is 5.91 Å². The first kappa shape index (κ1) is 25.9. The zero-order valence-electron chi connectivity index (χ0n) is 20.4. The van der Waals surface area contributed by atoms with Gasteiger partial charge in [-0.1, -0.05) is 22.9 Å². The molecule has 0 spiro atoms. The molecule has 1 aliphatic rings. The van der Waals surface area contributed by atoms with Crippen molar-refractivity contribution in [2.75, 3.05) is 26.6 Å². The number of rotatable bonds is 7. The van der Waals surface area contributed by atoms with Gasteiger partial charge in [0.1, 0.15) is 10.9 Å². The summed E-state index contributed by atoms with van der Waals surface area (Å²) in [6.07, 6.45) is 6.79. The summed E-state index contributed by atoms with van der Waals surface area (Å²) in [5, 5.41) is 11.5. The molecule has 1 saturated carbocycles. The van der Waals surface area contributed by atoms with Crippen molar-refractivity contribution < 1.29 is 19.1 Å².